The zero-order chi connectivity index (χ0) is 23.3. The van der Waals surface area contributed by atoms with E-state index in [4.69, 9.17) is 11.6 Å². The lowest BCUT2D eigenvalue weighted by molar-refractivity contribution is 0.0685. The number of amides is 1. The van der Waals surface area contributed by atoms with Crippen molar-refractivity contribution in [2.24, 2.45) is 0 Å². The minimum atomic E-state index is -3.70. The van der Waals surface area contributed by atoms with Crippen LogP contribution in [-0.4, -0.2) is 34.8 Å². The molecule has 3 aromatic rings. The highest BCUT2D eigenvalue weighted by atomic mass is 35.5. The molecule has 0 radical (unpaired) electrons. The maximum absolute atomic E-state index is 13.2. The Bertz CT molecular complexity index is 1200. The number of hydrogen-bond acceptors (Lipinski definition) is 4. The predicted molar refractivity (Wildman–Crippen MR) is 126 cm³/mol. The fraction of sp³-hybridized carbons (Fsp3) is 0.250. The van der Waals surface area contributed by atoms with Crippen molar-refractivity contribution in [3.8, 4) is 0 Å². The molecule has 0 saturated carbocycles. The van der Waals surface area contributed by atoms with E-state index in [2.05, 4.69) is 11.6 Å². The molecule has 1 amide bonds. The summed E-state index contributed by atoms with van der Waals surface area (Å²) in [7, 11) is -3.70. The first-order valence-corrected chi connectivity index (χ1v) is 12.2. The second-order valence-electron chi connectivity index (χ2n) is 7.71. The topological polar surface area (TPSA) is 72.3 Å². The third kappa shape index (κ3) is 5.47. The lowest BCUT2D eigenvalue weighted by atomic mass is 10.1. The van der Waals surface area contributed by atoms with Gasteiger partial charge in [-0.25, -0.2) is 13.4 Å². The predicted octanol–water partition coefficient (Wildman–Crippen LogP) is 4.75. The molecule has 0 aliphatic carbocycles. The SMILES string of the molecule is C=CCn1c(CN(C(=O)c2cccc(Cl)c2)C(C)C)cnc1S(=O)(=O)Cc1ccccc1. The Kier molecular flexibility index (Phi) is 7.53. The first-order chi connectivity index (χ1) is 15.2. The van der Waals surface area contributed by atoms with Crippen LogP contribution in [0.1, 0.15) is 35.5 Å². The highest BCUT2D eigenvalue weighted by Crippen LogP contribution is 2.21. The van der Waals surface area contributed by atoms with Crippen molar-refractivity contribution in [2.45, 2.75) is 43.9 Å². The maximum Gasteiger partial charge on any atom is 0.254 e. The average Bonchev–Trinajstić information content (AvgIpc) is 3.15. The summed E-state index contributed by atoms with van der Waals surface area (Å²) in [5.41, 5.74) is 1.76. The van der Waals surface area contributed by atoms with Crippen LogP contribution in [0.4, 0.5) is 0 Å². The van der Waals surface area contributed by atoms with Gasteiger partial charge in [-0.3, -0.25) is 4.79 Å². The summed E-state index contributed by atoms with van der Waals surface area (Å²) >= 11 is 6.06. The zero-order valence-electron chi connectivity index (χ0n) is 18.1. The van der Waals surface area contributed by atoms with E-state index in [9.17, 15) is 13.2 Å². The van der Waals surface area contributed by atoms with Crippen molar-refractivity contribution >= 4 is 27.3 Å². The van der Waals surface area contributed by atoms with Gasteiger partial charge >= 0.3 is 0 Å². The second kappa shape index (κ2) is 10.1. The van der Waals surface area contributed by atoms with Crippen molar-refractivity contribution in [3.63, 3.8) is 0 Å². The number of sulfone groups is 1. The summed E-state index contributed by atoms with van der Waals surface area (Å²) in [5, 5.41) is 0.445. The molecule has 0 N–H and O–H groups in total. The van der Waals surface area contributed by atoms with Crippen LogP contribution in [0.15, 0.2) is 78.6 Å². The molecular weight excluding hydrogens is 446 g/mol. The van der Waals surface area contributed by atoms with E-state index < -0.39 is 9.84 Å². The Balaban J connectivity index is 1.94. The summed E-state index contributed by atoms with van der Waals surface area (Å²) in [6.45, 7) is 8.02. The Hall–Kier alpha value is -2.90. The third-order valence-corrected chi connectivity index (χ3v) is 6.81. The van der Waals surface area contributed by atoms with E-state index >= 15 is 0 Å². The van der Waals surface area contributed by atoms with Crippen molar-refractivity contribution in [1.82, 2.24) is 14.5 Å². The van der Waals surface area contributed by atoms with Crippen LogP contribution < -0.4 is 0 Å². The number of rotatable bonds is 9. The van der Waals surface area contributed by atoms with Gasteiger partial charge in [0.25, 0.3) is 5.91 Å². The minimum absolute atomic E-state index is 0.0323. The lowest BCUT2D eigenvalue weighted by Crippen LogP contribution is -2.37. The average molecular weight is 472 g/mol. The van der Waals surface area contributed by atoms with Crippen LogP contribution in [0.5, 0.6) is 0 Å². The lowest BCUT2D eigenvalue weighted by Gasteiger charge is -2.27. The third-order valence-electron chi connectivity index (χ3n) is 4.98. The van der Waals surface area contributed by atoms with E-state index in [1.807, 2.05) is 19.9 Å². The van der Waals surface area contributed by atoms with E-state index in [1.165, 1.54) is 6.20 Å². The fourth-order valence-corrected chi connectivity index (χ4v) is 5.09. The van der Waals surface area contributed by atoms with Crippen molar-refractivity contribution < 1.29 is 13.2 Å². The quantitative estimate of drug-likeness (QED) is 0.422. The van der Waals surface area contributed by atoms with Gasteiger partial charge in [0.05, 0.1) is 24.2 Å². The number of imidazole rings is 1. The van der Waals surface area contributed by atoms with Gasteiger partial charge < -0.3 is 9.47 Å². The second-order valence-corrected chi connectivity index (χ2v) is 10.0. The van der Waals surface area contributed by atoms with E-state index in [0.29, 0.717) is 21.8 Å². The van der Waals surface area contributed by atoms with Crippen molar-refractivity contribution in [3.05, 3.63) is 95.3 Å². The summed E-state index contributed by atoms with van der Waals surface area (Å²) in [4.78, 5) is 19.0. The summed E-state index contributed by atoms with van der Waals surface area (Å²) in [5.74, 6) is -0.348. The molecule has 6 nitrogen and oxygen atoms in total. The van der Waals surface area contributed by atoms with Gasteiger partial charge in [-0.2, -0.15) is 0 Å². The molecule has 2 aromatic carbocycles. The number of carbonyl (C=O) groups excluding carboxylic acids is 1. The molecule has 0 unspecified atom stereocenters. The number of aromatic nitrogens is 2. The summed E-state index contributed by atoms with van der Waals surface area (Å²) in [6, 6.07) is 15.6. The first-order valence-electron chi connectivity index (χ1n) is 10.2. The highest BCUT2D eigenvalue weighted by Gasteiger charge is 2.26. The van der Waals surface area contributed by atoms with Crippen LogP contribution >= 0.6 is 11.6 Å². The number of benzene rings is 2. The molecule has 0 atom stereocenters. The monoisotopic (exact) mass is 471 g/mol. The van der Waals surface area contributed by atoms with Crippen LogP contribution in [-0.2, 0) is 28.7 Å². The Morgan fingerprint density at radius 2 is 1.91 bits per heavy atom. The first kappa shape index (κ1) is 23.8. The van der Waals surface area contributed by atoms with Gasteiger partial charge in [-0.05, 0) is 37.6 Å². The Labute approximate surface area is 194 Å². The Morgan fingerprint density at radius 3 is 2.53 bits per heavy atom. The molecule has 0 fully saturated rings. The van der Waals surface area contributed by atoms with Crippen molar-refractivity contribution in [2.75, 3.05) is 0 Å². The maximum atomic E-state index is 13.2. The minimum Gasteiger partial charge on any atom is -0.330 e. The molecule has 0 aliphatic rings. The van der Waals surface area contributed by atoms with Crippen molar-refractivity contribution in [1.29, 1.82) is 0 Å². The number of carbonyl (C=O) groups is 1. The molecule has 0 bridgehead atoms. The molecule has 0 aliphatic heterocycles. The summed E-state index contributed by atoms with van der Waals surface area (Å²) in [6.07, 6.45) is 3.13. The van der Waals surface area contributed by atoms with Gasteiger partial charge in [0, 0.05) is 23.2 Å². The van der Waals surface area contributed by atoms with Gasteiger partial charge in [-0.15, -0.1) is 6.58 Å². The van der Waals surface area contributed by atoms with E-state index in [0.717, 1.165) is 0 Å². The van der Waals surface area contributed by atoms with Crippen LogP contribution in [0.25, 0.3) is 0 Å². The fourth-order valence-electron chi connectivity index (χ4n) is 3.40. The molecular formula is C24H26ClN3O3S. The normalized spacial score (nSPS) is 11.5. The number of allylic oxidation sites excluding steroid dienone is 1. The number of hydrogen-bond donors (Lipinski definition) is 0. The zero-order valence-corrected chi connectivity index (χ0v) is 19.7. The van der Waals surface area contributed by atoms with Gasteiger partial charge in [0.1, 0.15) is 0 Å². The van der Waals surface area contributed by atoms with E-state index in [1.54, 1.807) is 64.1 Å². The molecule has 32 heavy (non-hydrogen) atoms. The molecule has 1 aromatic heterocycles. The summed E-state index contributed by atoms with van der Waals surface area (Å²) < 4.78 is 27.8. The largest absolute Gasteiger partial charge is 0.330 e. The smallest absolute Gasteiger partial charge is 0.254 e. The molecule has 8 heteroatoms. The highest BCUT2D eigenvalue weighted by molar-refractivity contribution is 7.90. The molecule has 0 saturated heterocycles. The standard InChI is InChI=1S/C24H26ClN3O3S/c1-4-13-27-22(15-26-24(27)32(30,31)17-19-9-6-5-7-10-19)16-28(18(2)3)23(29)20-11-8-12-21(25)14-20/h4-12,14-15,18H,1,13,16-17H2,2-3H3. The molecule has 0 spiro atoms. The van der Waals surface area contributed by atoms with Gasteiger partial charge in [-0.1, -0.05) is 54.1 Å². The molecule has 1 heterocycles. The number of nitrogens with zero attached hydrogens (tertiary/aromatic N) is 3. The van der Waals surface area contributed by atoms with Crippen LogP contribution in [0.2, 0.25) is 5.02 Å². The molecule has 3 rings (SSSR count). The van der Waals surface area contributed by atoms with Gasteiger partial charge in [0.15, 0.2) is 0 Å². The molecule has 168 valence electrons. The number of halogens is 1. The Morgan fingerprint density at radius 1 is 1.19 bits per heavy atom. The van der Waals surface area contributed by atoms with E-state index in [-0.39, 0.29) is 35.9 Å². The van der Waals surface area contributed by atoms with Crippen LogP contribution in [0, 0.1) is 0 Å². The van der Waals surface area contributed by atoms with Gasteiger partial charge in [0.2, 0.25) is 15.0 Å². The van der Waals surface area contributed by atoms with Crippen LogP contribution in [0.3, 0.4) is 0 Å².